The van der Waals surface area contributed by atoms with Crippen LogP contribution in [0.25, 0.3) is 0 Å². The minimum absolute atomic E-state index is 0.807. The van der Waals surface area contributed by atoms with E-state index in [4.69, 9.17) is 0 Å². The number of benzene rings is 1. The molecule has 0 atom stereocenters. The van der Waals surface area contributed by atoms with Gasteiger partial charge in [0.05, 0.1) is 0 Å². The highest BCUT2D eigenvalue weighted by Crippen LogP contribution is 2.31. The van der Waals surface area contributed by atoms with Crippen LogP contribution >= 0.6 is 0 Å². The molecule has 0 unspecified atom stereocenters. The lowest BCUT2D eigenvalue weighted by atomic mass is 9.87. The molecular weight excluding hydrogens is 270 g/mol. The van der Waals surface area contributed by atoms with Gasteiger partial charge in [-0.15, -0.1) is 0 Å². The Labute approximate surface area is 133 Å². The Kier molecular flexibility index (Phi) is 4.77. The van der Waals surface area contributed by atoms with Gasteiger partial charge in [0.1, 0.15) is 6.29 Å². The molecule has 1 aromatic carbocycles. The molecule has 1 fully saturated rings. The molecule has 1 heterocycles. The third-order valence-corrected chi connectivity index (χ3v) is 4.88. The lowest BCUT2D eigenvalue weighted by Crippen LogP contribution is -2.32. The average molecular weight is 295 g/mol. The van der Waals surface area contributed by atoms with Crippen LogP contribution in [-0.4, -0.2) is 24.3 Å². The van der Waals surface area contributed by atoms with Crippen LogP contribution in [-0.2, 0) is 17.6 Å². The number of hydrogen-bond donors (Lipinski definition) is 0. The summed E-state index contributed by atoms with van der Waals surface area (Å²) in [5, 5.41) is 0. The van der Waals surface area contributed by atoms with Crippen molar-refractivity contribution in [1.82, 2.24) is 4.90 Å². The van der Waals surface area contributed by atoms with Gasteiger partial charge in [-0.2, -0.15) is 0 Å². The van der Waals surface area contributed by atoms with Crippen molar-refractivity contribution in [2.45, 2.75) is 45.4 Å². The molecule has 0 aromatic heterocycles. The van der Waals surface area contributed by atoms with Crippen LogP contribution in [0.4, 0.5) is 0 Å². The predicted molar refractivity (Wildman–Crippen MR) is 90.7 cm³/mol. The highest BCUT2D eigenvalue weighted by atomic mass is 16.1. The number of rotatable bonds is 4. The minimum Gasteiger partial charge on any atom is -0.374 e. The fraction of sp³-hybridized carbons (Fsp3) is 0.450. The summed E-state index contributed by atoms with van der Waals surface area (Å²) >= 11 is 0. The number of carbonyl (C=O) groups is 1. The van der Waals surface area contributed by atoms with Crippen LogP contribution in [0.3, 0.4) is 0 Å². The lowest BCUT2D eigenvalue weighted by molar-refractivity contribution is -0.105. The third kappa shape index (κ3) is 3.16. The maximum Gasteiger partial charge on any atom is 0.146 e. The highest BCUT2D eigenvalue weighted by molar-refractivity contribution is 5.74. The molecule has 1 saturated heterocycles. The third-order valence-electron chi connectivity index (χ3n) is 4.88. The van der Waals surface area contributed by atoms with Crippen LogP contribution in [0.5, 0.6) is 0 Å². The first kappa shape index (κ1) is 15.1. The molecule has 0 bridgehead atoms. The molecule has 2 heteroatoms. The number of likely N-dealkylation sites (tertiary alicyclic amines) is 1. The Hall–Kier alpha value is -1.83. The summed E-state index contributed by atoms with van der Waals surface area (Å²) in [5.74, 6) is 0. The second kappa shape index (κ2) is 6.95. The molecule has 0 spiro atoms. The van der Waals surface area contributed by atoms with Crippen molar-refractivity contribution in [1.29, 1.82) is 0 Å². The molecule has 1 aliphatic heterocycles. The normalized spacial score (nSPS) is 19.1. The van der Waals surface area contributed by atoms with Crippen LogP contribution in [0.2, 0.25) is 0 Å². The van der Waals surface area contributed by atoms with E-state index < -0.39 is 0 Å². The van der Waals surface area contributed by atoms with Gasteiger partial charge >= 0.3 is 0 Å². The van der Waals surface area contributed by atoms with Gasteiger partial charge in [0.25, 0.3) is 0 Å². The van der Waals surface area contributed by atoms with Crippen LogP contribution in [0.15, 0.2) is 47.2 Å². The monoisotopic (exact) mass is 295 g/mol. The van der Waals surface area contributed by atoms with Gasteiger partial charge in [0.2, 0.25) is 0 Å². The molecular formula is C20H25NO. The SMILES string of the molecule is CC/C(C=O)=C/C1=C(N2CCCCC2)Cc2ccccc2C1. The van der Waals surface area contributed by atoms with Gasteiger partial charge in [0, 0.05) is 25.2 Å². The summed E-state index contributed by atoms with van der Waals surface area (Å²) in [6.07, 6.45) is 9.86. The quantitative estimate of drug-likeness (QED) is 0.616. The van der Waals surface area contributed by atoms with Gasteiger partial charge in [-0.1, -0.05) is 37.3 Å². The van der Waals surface area contributed by atoms with Crippen LogP contribution < -0.4 is 0 Å². The molecule has 2 nitrogen and oxygen atoms in total. The van der Waals surface area contributed by atoms with Crippen LogP contribution in [0, 0.1) is 0 Å². The topological polar surface area (TPSA) is 20.3 Å². The van der Waals surface area contributed by atoms with Crippen molar-refractivity contribution in [3.63, 3.8) is 0 Å². The second-order valence-corrected chi connectivity index (χ2v) is 6.33. The molecule has 2 aliphatic rings. The zero-order valence-corrected chi connectivity index (χ0v) is 13.5. The first-order valence-corrected chi connectivity index (χ1v) is 8.51. The van der Waals surface area contributed by atoms with Crippen molar-refractivity contribution in [3.8, 4) is 0 Å². The fourth-order valence-corrected chi connectivity index (χ4v) is 3.56. The Bertz CT molecular complexity index is 606. The first-order valence-electron chi connectivity index (χ1n) is 8.51. The van der Waals surface area contributed by atoms with Gasteiger partial charge in [-0.05, 0) is 54.4 Å². The summed E-state index contributed by atoms with van der Waals surface area (Å²) in [5.41, 5.74) is 6.57. The Morgan fingerprint density at radius 2 is 1.77 bits per heavy atom. The van der Waals surface area contributed by atoms with Gasteiger partial charge in [0.15, 0.2) is 0 Å². The van der Waals surface area contributed by atoms with E-state index in [0.717, 1.165) is 44.2 Å². The van der Waals surface area contributed by atoms with E-state index in [1.54, 1.807) is 0 Å². The molecule has 0 saturated carbocycles. The summed E-state index contributed by atoms with van der Waals surface area (Å²) < 4.78 is 0. The average Bonchev–Trinajstić information content (AvgIpc) is 2.59. The van der Waals surface area contributed by atoms with E-state index in [1.807, 2.05) is 0 Å². The standard InChI is InChI=1S/C20H25NO/c1-2-16(15-22)12-19-13-17-8-4-5-9-18(17)14-20(19)21-10-6-3-7-11-21/h4-5,8-9,12,15H,2-3,6-7,10-11,13-14H2,1H3/b16-12-. The van der Waals surface area contributed by atoms with E-state index in [2.05, 4.69) is 42.2 Å². The largest absolute Gasteiger partial charge is 0.374 e. The molecule has 0 radical (unpaired) electrons. The predicted octanol–water partition coefficient (Wildman–Crippen LogP) is 4.06. The van der Waals surface area contributed by atoms with E-state index in [1.165, 1.54) is 41.7 Å². The number of allylic oxidation sites excluding steroid dienone is 4. The molecule has 1 aromatic rings. The summed E-state index contributed by atoms with van der Waals surface area (Å²) in [4.78, 5) is 13.8. The van der Waals surface area contributed by atoms with E-state index >= 15 is 0 Å². The van der Waals surface area contributed by atoms with Crippen molar-refractivity contribution in [2.75, 3.05) is 13.1 Å². The summed E-state index contributed by atoms with van der Waals surface area (Å²) in [6.45, 7) is 4.38. The second-order valence-electron chi connectivity index (χ2n) is 6.33. The smallest absolute Gasteiger partial charge is 0.146 e. The molecule has 0 N–H and O–H groups in total. The Balaban J connectivity index is 1.98. The summed E-state index contributed by atoms with van der Waals surface area (Å²) in [6, 6.07) is 8.73. The molecule has 22 heavy (non-hydrogen) atoms. The first-order chi connectivity index (χ1) is 10.8. The maximum absolute atomic E-state index is 11.2. The number of nitrogens with zero attached hydrogens (tertiary/aromatic N) is 1. The highest BCUT2D eigenvalue weighted by Gasteiger charge is 2.22. The summed E-state index contributed by atoms with van der Waals surface area (Å²) in [7, 11) is 0. The van der Waals surface area contributed by atoms with Crippen LogP contribution in [0.1, 0.15) is 43.7 Å². The van der Waals surface area contributed by atoms with Gasteiger partial charge in [-0.25, -0.2) is 0 Å². The zero-order valence-electron chi connectivity index (χ0n) is 13.5. The van der Waals surface area contributed by atoms with Gasteiger partial charge < -0.3 is 4.90 Å². The Morgan fingerprint density at radius 1 is 1.09 bits per heavy atom. The van der Waals surface area contributed by atoms with E-state index in [0.29, 0.717) is 0 Å². The van der Waals surface area contributed by atoms with E-state index in [-0.39, 0.29) is 0 Å². The number of carbonyl (C=O) groups excluding carboxylic acids is 1. The Morgan fingerprint density at radius 3 is 2.41 bits per heavy atom. The zero-order chi connectivity index (χ0) is 15.4. The molecule has 3 rings (SSSR count). The number of piperidine rings is 1. The van der Waals surface area contributed by atoms with Gasteiger partial charge in [-0.3, -0.25) is 4.79 Å². The molecule has 1 aliphatic carbocycles. The molecule has 116 valence electrons. The molecule has 0 amide bonds. The van der Waals surface area contributed by atoms with Crippen molar-refractivity contribution >= 4 is 6.29 Å². The van der Waals surface area contributed by atoms with Crippen molar-refractivity contribution in [2.24, 2.45) is 0 Å². The number of aldehydes is 1. The minimum atomic E-state index is 0.807. The maximum atomic E-state index is 11.2. The number of fused-ring (bicyclic) bond motifs is 1. The fourth-order valence-electron chi connectivity index (χ4n) is 3.56. The van der Waals surface area contributed by atoms with Crippen molar-refractivity contribution < 1.29 is 4.79 Å². The van der Waals surface area contributed by atoms with Crippen molar-refractivity contribution in [3.05, 3.63) is 58.3 Å². The lowest BCUT2D eigenvalue weighted by Gasteiger charge is -2.35. The van der Waals surface area contributed by atoms with E-state index in [9.17, 15) is 4.79 Å². The number of hydrogen-bond acceptors (Lipinski definition) is 2.